The zero-order valence-corrected chi connectivity index (χ0v) is 13.4. The molecule has 0 aliphatic heterocycles. The van der Waals surface area contributed by atoms with E-state index in [4.69, 9.17) is 16.3 Å². The zero-order valence-electron chi connectivity index (χ0n) is 11.1. The summed E-state index contributed by atoms with van der Waals surface area (Å²) in [5.74, 6) is 0.618. The summed E-state index contributed by atoms with van der Waals surface area (Å²) in [7, 11) is 1.64. The third-order valence-corrected chi connectivity index (χ3v) is 3.71. The van der Waals surface area contributed by atoms with Crippen LogP contribution in [0.3, 0.4) is 0 Å². The van der Waals surface area contributed by atoms with Crippen LogP contribution in [0.25, 0.3) is 0 Å². The van der Waals surface area contributed by atoms with E-state index in [1.54, 1.807) is 37.4 Å². The summed E-state index contributed by atoms with van der Waals surface area (Å²) in [4.78, 5) is 10.6. The van der Waals surface area contributed by atoms with E-state index in [1.165, 1.54) is 6.07 Å². The van der Waals surface area contributed by atoms with Crippen LogP contribution in [0, 0.1) is 10.1 Å². The lowest BCUT2D eigenvalue weighted by atomic mass is 10.1. The molecule has 0 radical (unpaired) electrons. The largest absolute Gasteiger partial charge is 0.488 e. The lowest BCUT2D eigenvalue weighted by Crippen LogP contribution is -2.04. The molecule has 2 aromatic carbocycles. The minimum atomic E-state index is -0.423. The molecule has 0 aliphatic carbocycles. The van der Waals surface area contributed by atoms with Crippen LogP contribution in [0.1, 0.15) is 5.56 Å². The first-order valence-electron chi connectivity index (χ1n) is 6.05. The highest BCUT2D eigenvalue weighted by atomic mass is 79.9. The third-order valence-electron chi connectivity index (χ3n) is 2.85. The van der Waals surface area contributed by atoms with Crippen molar-refractivity contribution in [3.8, 4) is 5.75 Å². The molecule has 0 atom stereocenters. The van der Waals surface area contributed by atoms with Crippen molar-refractivity contribution in [3.63, 3.8) is 0 Å². The van der Waals surface area contributed by atoms with E-state index in [2.05, 4.69) is 21.2 Å². The highest BCUT2D eigenvalue weighted by Gasteiger charge is 2.16. The Morgan fingerprint density at radius 1 is 1.38 bits per heavy atom. The minimum Gasteiger partial charge on any atom is -0.488 e. The lowest BCUT2D eigenvalue weighted by Gasteiger charge is -2.12. The van der Waals surface area contributed by atoms with E-state index >= 15 is 0 Å². The molecule has 0 bridgehead atoms. The van der Waals surface area contributed by atoms with Gasteiger partial charge in [-0.25, -0.2) is 0 Å². The lowest BCUT2D eigenvalue weighted by molar-refractivity contribution is -0.384. The first-order valence-corrected chi connectivity index (χ1v) is 7.22. The smallest absolute Gasteiger partial charge is 0.292 e. The predicted molar refractivity (Wildman–Crippen MR) is 86.1 cm³/mol. The van der Waals surface area contributed by atoms with E-state index in [0.29, 0.717) is 22.0 Å². The number of nitrogens with zero attached hydrogens (tertiary/aromatic N) is 1. The molecule has 2 aromatic rings. The fourth-order valence-corrected chi connectivity index (χ4v) is 2.69. The van der Waals surface area contributed by atoms with Gasteiger partial charge in [-0.2, -0.15) is 0 Å². The molecular formula is C14H12BrClN2O3. The summed E-state index contributed by atoms with van der Waals surface area (Å²) in [6.45, 7) is 0.206. The summed E-state index contributed by atoms with van der Waals surface area (Å²) in [6, 6.07) is 10.0. The number of nitro groups is 1. The Hall–Kier alpha value is -1.79. The molecule has 0 aromatic heterocycles. The van der Waals surface area contributed by atoms with Crippen molar-refractivity contribution in [2.45, 2.75) is 6.61 Å². The Morgan fingerprint density at radius 3 is 2.76 bits per heavy atom. The van der Waals surface area contributed by atoms with Gasteiger partial charge in [-0.1, -0.05) is 23.7 Å². The molecule has 110 valence electrons. The van der Waals surface area contributed by atoms with Gasteiger partial charge in [-0.3, -0.25) is 10.1 Å². The SMILES string of the molecule is CNc1c(COc2ccc(Cl)cc2Br)cccc1[N+](=O)[O-]. The number of anilines is 1. The summed E-state index contributed by atoms with van der Waals surface area (Å²) in [5, 5.41) is 14.4. The van der Waals surface area contributed by atoms with E-state index in [0.717, 1.165) is 4.47 Å². The summed E-state index contributed by atoms with van der Waals surface area (Å²) >= 11 is 9.23. The Morgan fingerprint density at radius 2 is 2.14 bits per heavy atom. The molecule has 2 rings (SSSR count). The first-order chi connectivity index (χ1) is 10.0. The van der Waals surface area contributed by atoms with Crippen molar-refractivity contribution in [2.75, 3.05) is 12.4 Å². The van der Waals surface area contributed by atoms with Gasteiger partial charge in [0.25, 0.3) is 5.69 Å². The number of hydrogen-bond acceptors (Lipinski definition) is 4. The molecule has 0 amide bonds. The van der Waals surface area contributed by atoms with Crippen LogP contribution in [-0.2, 0) is 6.61 Å². The summed E-state index contributed by atoms with van der Waals surface area (Å²) in [5.41, 5.74) is 1.18. The van der Waals surface area contributed by atoms with Gasteiger partial charge in [-0.15, -0.1) is 0 Å². The molecule has 21 heavy (non-hydrogen) atoms. The molecule has 0 heterocycles. The number of para-hydroxylation sites is 1. The molecule has 0 fully saturated rings. The van der Waals surface area contributed by atoms with Gasteiger partial charge in [0.2, 0.25) is 0 Å². The molecule has 7 heteroatoms. The van der Waals surface area contributed by atoms with Crippen LogP contribution in [0.5, 0.6) is 5.75 Å². The van der Waals surface area contributed by atoms with Gasteiger partial charge in [0.05, 0.1) is 9.40 Å². The average Bonchev–Trinajstić information content (AvgIpc) is 2.45. The van der Waals surface area contributed by atoms with Crippen LogP contribution in [0.15, 0.2) is 40.9 Å². The monoisotopic (exact) mass is 370 g/mol. The quantitative estimate of drug-likeness (QED) is 0.614. The fraction of sp³-hybridized carbons (Fsp3) is 0.143. The van der Waals surface area contributed by atoms with Crippen LogP contribution < -0.4 is 10.1 Å². The van der Waals surface area contributed by atoms with Gasteiger partial charge < -0.3 is 10.1 Å². The number of benzene rings is 2. The predicted octanol–water partition coefficient (Wildman–Crippen LogP) is 4.63. The number of hydrogen-bond donors (Lipinski definition) is 1. The Kier molecular flexibility index (Phi) is 5.03. The van der Waals surface area contributed by atoms with Crippen molar-refractivity contribution in [1.29, 1.82) is 0 Å². The van der Waals surface area contributed by atoms with Crippen LogP contribution >= 0.6 is 27.5 Å². The Labute approximate surface area is 135 Å². The molecule has 0 spiro atoms. The second-order valence-corrected chi connectivity index (χ2v) is 5.47. The Bertz CT molecular complexity index is 679. The van der Waals surface area contributed by atoms with Crippen molar-refractivity contribution in [1.82, 2.24) is 0 Å². The minimum absolute atomic E-state index is 0.0220. The molecule has 5 nitrogen and oxygen atoms in total. The average molecular weight is 372 g/mol. The van der Waals surface area contributed by atoms with Crippen LogP contribution in [-0.4, -0.2) is 12.0 Å². The normalized spacial score (nSPS) is 10.2. The van der Waals surface area contributed by atoms with Gasteiger partial charge >= 0.3 is 0 Å². The van der Waals surface area contributed by atoms with Crippen LogP contribution in [0.2, 0.25) is 5.02 Å². The number of halogens is 2. The maximum atomic E-state index is 11.0. The van der Waals surface area contributed by atoms with Crippen LogP contribution in [0.4, 0.5) is 11.4 Å². The number of nitro benzene ring substituents is 1. The second kappa shape index (κ2) is 6.78. The molecule has 0 aliphatic rings. The molecular weight excluding hydrogens is 360 g/mol. The van der Waals surface area contributed by atoms with Gasteiger partial charge in [0, 0.05) is 23.7 Å². The van der Waals surface area contributed by atoms with E-state index in [9.17, 15) is 10.1 Å². The van der Waals surface area contributed by atoms with Crippen molar-refractivity contribution in [3.05, 3.63) is 61.6 Å². The van der Waals surface area contributed by atoms with Crippen molar-refractivity contribution >= 4 is 38.9 Å². The van der Waals surface area contributed by atoms with E-state index in [1.807, 2.05) is 0 Å². The first kappa shape index (κ1) is 15.6. The molecule has 0 saturated carbocycles. The number of rotatable bonds is 5. The summed E-state index contributed by atoms with van der Waals surface area (Å²) in [6.07, 6.45) is 0. The highest BCUT2D eigenvalue weighted by molar-refractivity contribution is 9.10. The standard InChI is InChI=1S/C14H12BrClN2O3/c1-17-14-9(3-2-4-12(14)18(19)20)8-21-13-6-5-10(16)7-11(13)15/h2-7,17H,8H2,1H3. The van der Waals surface area contributed by atoms with Gasteiger partial charge in [0.15, 0.2) is 0 Å². The van der Waals surface area contributed by atoms with E-state index < -0.39 is 4.92 Å². The van der Waals surface area contributed by atoms with Crippen molar-refractivity contribution < 1.29 is 9.66 Å². The Balaban J connectivity index is 2.24. The van der Waals surface area contributed by atoms with E-state index in [-0.39, 0.29) is 12.3 Å². The highest BCUT2D eigenvalue weighted by Crippen LogP contribution is 2.31. The molecule has 1 N–H and O–H groups in total. The maximum Gasteiger partial charge on any atom is 0.292 e. The zero-order chi connectivity index (χ0) is 15.4. The third kappa shape index (κ3) is 3.65. The van der Waals surface area contributed by atoms with Gasteiger partial charge in [-0.05, 0) is 34.1 Å². The molecule has 0 saturated heterocycles. The summed E-state index contributed by atoms with van der Waals surface area (Å²) < 4.78 is 6.42. The maximum absolute atomic E-state index is 11.0. The number of nitrogens with one attached hydrogen (secondary N) is 1. The van der Waals surface area contributed by atoms with Gasteiger partial charge in [0.1, 0.15) is 18.0 Å². The number of ether oxygens (including phenoxy) is 1. The topological polar surface area (TPSA) is 64.4 Å². The van der Waals surface area contributed by atoms with Crippen molar-refractivity contribution in [2.24, 2.45) is 0 Å². The second-order valence-electron chi connectivity index (χ2n) is 4.18. The molecule has 0 unspecified atom stereocenters. The fourth-order valence-electron chi connectivity index (χ4n) is 1.90.